The largest absolute Gasteiger partial charge is 0.497 e. The van der Waals surface area contributed by atoms with Gasteiger partial charge in [-0.05, 0) is 48.6 Å². The van der Waals surface area contributed by atoms with Crippen LogP contribution in [-0.4, -0.2) is 56.4 Å². The molecule has 172 valence electrons. The zero-order chi connectivity index (χ0) is 23.4. The van der Waals surface area contributed by atoms with E-state index in [-0.39, 0.29) is 24.0 Å². The number of anilines is 1. The SMILES string of the molecule is C=CC(=N/C=C/OCCF)C(=O)Nc1ccc2c(c1)[C@]1(CCC2)CS(=O)(=O)N(C)C(N)=N1. The van der Waals surface area contributed by atoms with Gasteiger partial charge in [0.15, 0.2) is 0 Å². The summed E-state index contributed by atoms with van der Waals surface area (Å²) in [4.78, 5) is 21.1. The molecule has 3 N–H and O–H groups in total. The molecule has 9 nitrogen and oxygen atoms in total. The van der Waals surface area contributed by atoms with Crippen molar-refractivity contribution >= 4 is 33.3 Å². The Labute approximate surface area is 186 Å². The summed E-state index contributed by atoms with van der Waals surface area (Å²) in [6.45, 7) is 2.85. The van der Waals surface area contributed by atoms with E-state index in [0.717, 1.165) is 28.3 Å². The van der Waals surface area contributed by atoms with Gasteiger partial charge in [-0.2, -0.15) is 0 Å². The van der Waals surface area contributed by atoms with Crippen LogP contribution < -0.4 is 11.1 Å². The van der Waals surface area contributed by atoms with Gasteiger partial charge in [-0.25, -0.2) is 27.1 Å². The Hall–Kier alpha value is -3.21. The molecule has 0 saturated carbocycles. The summed E-state index contributed by atoms with van der Waals surface area (Å²) in [5, 5.41) is 2.74. The molecule has 0 aromatic heterocycles. The molecule has 1 atom stereocenters. The lowest BCUT2D eigenvalue weighted by Gasteiger charge is -2.40. The van der Waals surface area contributed by atoms with Gasteiger partial charge in [0.2, 0.25) is 16.0 Å². The highest BCUT2D eigenvalue weighted by molar-refractivity contribution is 7.89. The predicted molar refractivity (Wildman–Crippen MR) is 122 cm³/mol. The van der Waals surface area contributed by atoms with Crippen LogP contribution in [-0.2, 0) is 31.5 Å². The molecule has 0 bridgehead atoms. The van der Waals surface area contributed by atoms with Gasteiger partial charge in [-0.3, -0.25) is 4.79 Å². The Morgan fingerprint density at radius 3 is 2.97 bits per heavy atom. The smallest absolute Gasteiger partial charge is 0.274 e. The van der Waals surface area contributed by atoms with Crippen LogP contribution in [0.5, 0.6) is 0 Å². The second-order valence-electron chi connectivity index (χ2n) is 7.47. The molecule has 11 heteroatoms. The van der Waals surface area contributed by atoms with E-state index < -0.39 is 28.1 Å². The Kier molecular flexibility index (Phi) is 6.97. The van der Waals surface area contributed by atoms with E-state index in [1.807, 2.05) is 6.07 Å². The van der Waals surface area contributed by atoms with Gasteiger partial charge in [-0.15, -0.1) is 0 Å². The van der Waals surface area contributed by atoms with Crippen LogP contribution >= 0.6 is 0 Å². The molecule has 0 unspecified atom stereocenters. The molecule has 1 heterocycles. The molecule has 2 aliphatic rings. The van der Waals surface area contributed by atoms with Crippen molar-refractivity contribution in [3.8, 4) is 0 Å². The molecule has 0 radical (unpaired) electrons. The van der Waals surface area contributed by atoms with Crippen LogP contribution in [0.2, 0.25) is 0 Å². The van der Waals surface area contributed by atoms with Crippen molar-refractivity contribution in [2.45, 2.75) is 24.8 Å². The number of aryl methyl sites for hydroxylation is 1. The van der Waals surface area contributed by atoms with Gasteiger partial charge in [0, 0.05) is 12.7 Å². The van der Waals surface area contributed by atoms with Gasteiger partial charge >= 0.3 is 0 Å². The highest BCUT2D eigenvalue weighted by atomic mass is 32.2. The maximum absolute atomic E-state index is 12.7. The first-order valence-electron chi connectivity index (χ1n) is 10.0. The number of amides is 1. The summed E-state index contributed by atoms with van der Waals surface area (Å²) in [6, 6.07) is 5.34. The number of nitrogens with zero attached hydrogens (tertiary/aromatic N) is 3. The van der Waals surface area contributed by atoms with E-state index >= 15 is 0 Å². The standard InChI is InChI=1S/C21H26FN5O4S/c1-3-18(24-10-12-31-11-9-22)19(28)25-16-7-6-15-5-4-8-21(17(15)13-16)14-32(29,30)27(2)20(23)26-21/h3,6-7,10,12-13H,1,4-5,8-9,11,14H2,2H3,(H2,23,26)(H,25,28)/b12-10+,24-18?/t21-/m0/s1. The number of nitrogens with two attached hydrogens (primary N) is 1. The Morgan fingerprint density at radius 1 is 1.50 bits per heavy atom. The first-order valence-corrected chi connectivity index (χ1v) is 11.6. The van der Waals surface area contributed by atoms with E-state index in [1.54, 1.807) is 12.1 Å². The van der Waals surface area contributed by atoms with Gasteiger partial charge in [0.05, 0.1) is 12.0 Å². The number of hydrogen-bond donors (Lipinski definition) is 2. The monoisotopic (exact) mass is 463 g/mol. The molecule has 1 aliphatic heterocycles. The summed E-state index contributed by atoms with van der Waals surface area (Å²) in [5.41, 5.74) is 7.14. The van der Waals surface area contributed by atoms with E-state index in [1.165, 1.54) is 25.6 Å². The first kappa shape index (κ1) is 23.5. The summed E-state index contributed by atoms with van der Waals surface area (Å²) in [5.74, 6) is -0.759. The van der Waals surface area contributed by atoms with Crippen LogP contribution in [0.1, 0.15) is 24.0 Å². The normalized spacial score (nSPS) is 22.4. The van der Waals surface area contributed by atoms with E-state index in [9.17, 15) is 17.6 Å². The summed E-state index contributed by atoms with van der Waals surface area (Å²) < 4.78 is 43.2. The molecular formula is C21H26FN5O4S. The maximum Gasteiger partial charge on any atom is 0.274 e. The second-order valence-corrected chi connectivity index (χ2v) is 9.47. The molecule has 1 amide bonds. The highest BCUT2D eigenvalue weighted by Crippen LogP contribution is 2.43. The van der Waals surface area contributed by atoms with Gasteiger partial charge in [0.1, 0.15) is 30.8 Å². The number of ether oxygens (including phenoxy) is 1. The number of carbonyl (C=O) groups is 1. The number of aliphatic imine (C=N–C) groups is 2. The molecule has 1 spiro atoms. The molecular weight excluding hydrogens is 437 g/mol. The van der Waals surface area contributed by atoms with Crippen molar-refractivity contribution in [1.82, 2.24) is 4.31 Å². The predicted octanol–water partition coefficient (Wildman–Crippen LogP) is 1.83. The van der Waals surface area contributed by atoms with Crippen LogP contribution in [0.25, 0.3) is 0 Å². The van der Waals surface area contributed by atoms with E-state index in [2.05, 4.69) is 21.9 Å². The van der Waals surface area contributed by atoms with Crippen LogP contribution in [0.3, 0.4) is 0 Å². The fourth-order valence-corrected chi connectivity index (χ4v) is 5.29. The van der Waals surface area contributed by atoms with Crippen molar-refractivity contribution in [2.24, 2.45) is 15.7 Å². The molecule has 3 rings (SSSR count). The third-order valence-corrected chi connectivity index (χ3v) is 7.25. The molecule has 32 heavy (non-hydrogen) atoms. The number of sulfonamides is 1. The first-order chi connectivity index (χ1) is 15.2. The lowest BCUT2D eigenvalue weighted by Crippen LogP contribution is -2.52. The van der Waals surface area contributed by atoms with Crippen molar-refractivity contribution in [1.29, 1.82) is 0 Å². The fourth-order valence-electron chi connectivity index (χ4n) is 3.81. The molecule has 1 aromatic rings. The highest BCUT2D eigenvalue weighted by Gasteiger charge is 2.45. The van der Waals surface area contributed by atoms with Crippen molar-refractivity contribution in [2.75, 3.05) is 31.4 Å². The average Bonchev–Trinajstić information content (AvgIpc) is 2.75. The van der Waals surface area contributed by atoms with Crippen LogP contribution in [0.15, 0.2) is 53.3 Å². The molecule has 1 aliphatic carbocycles. The lowest BCUT2D eigenvalue weighted by atomic mass is 9.77. The van der Waals surface area contributed by atoms with Crippen molar-refractivity contribution < 1.29 is 22.3 Å². The Morgan fingerprint density at radius 2 is 2.28 bits per heavy atom. The van der Waals surface area contributed by atoms with Crippen LogP contribution in [0, 0.1) is 0 Å². The maximum atomic E-state index is 12.7. The van der Waals surface area contributed by atoms with Crippen molar-refractivity contribution in [3.63, 3.8) is 0 Å². The number of halogens is 1. The number of fused-ring (bicyclic) bond motifs is 2. The minimum atomic E-state index is -3.62. The topological polar surface area (TPSA) is 126 Å². The number of nitrogens with one attached hydrogen (secondary N) is 1. The lowest BCUT2D eigenvalue weighted by molar-refractivity contribution is -0.110. The number of alkyl halides is 1. The van der Waals surface area contributed by atoms with E-state index in [4.69, 9.17) is 10.5 Å². The zero-order valence-corrected chi connectivity index (χ0v) is 18.6. The summed E-state index contributed by atoms with van der Waals surface area (Å²) >= 11 is 0. The Bertz CT molecular complexity index is 1100. The fraction of sp³-hybridized carbons (Fsp3) is 0.381. The summed E-state index contributed by atoms with van der Waals surface area (Å²) in [7, 11) is -2.23. The molecule has 0 fully saturated rings. The zero-order valence-electron chi connectivity index (χ0n) is 17.8. The number of carbonyl (C=O) groups excluding carboxylic acids is 1. The number of hydrogen-bond acceptors (Lipinski definition) is 7. The molecule has 0 saturated heterocycles. The third kappa shape index (κ3) is 4.82. The van der Waals surface area contributed by atoms with Crippen molar-refractivity contribution in [3.05, 3.63) is 54.4 Å². The van der Waals surface area contributed by atoms with Gasteiger partial charge < -0.3 is 15.8 Å². The second kappa shape index (κ2) is 9.51. The quantitative estimate of drug-likeness (QED) is 0.362. The van der Waals surface area contributed by atoms with Gasteiger partial charge in [-0.1, -0.05) is 12.6 Å². The average molecular weight is 464 g/mol. The number of benzene rings is 1. The van der Waals surface area contributed by atoms with Crippen LogP contribution in [0.4, 0.5) is 10.1 Å². The minimum absolute atomic E-state index is 0.0293. The minimum Gasteiger partial charge on any atom is -0.497 e. The Balaban J connectivity index is 1.89. The molecule has 1 aromatic carbocycles. The van der Waals surface area contributed by atoms with E-state index in [0.29, 0.717) is 12.1 Å². The summed E-state index contributed by atoms with van der Waals surface area (Å²) in [6.07, 6.45) is 5.78. The van der Waals surface area contributed by atoms with Gasteiger partial charge in [0.25, 0.3) is 5.91 Å². The number of rotatable bonds is 7. The number of guanidine groups is 1. The third-order valence-electron chi connectivity index (χ3n) is 5.39.